The monoisotopic (exact) mass is 505 g/mol. The summed E-state index contributed by atoms with van der Waals surface area (Å²) in [5.41, 5.74) is 2.56. The number of nitrogens with one attached hydrogen (secondary N) is 2. The number of guanidine groups is 1. The van der Waals surface area contributed by atoms with E-state index in [1.165, 1.54) is 11.3 Å². The predicted octanol–water partition coefficient (Wildman–Crippen LogP) is 1.77. The van der Waals surface area contributed by atoms with E-state index in [0.717, 1.165) is 71.5 Å². The molecule has 28 heavy (non-hydrogen) atoms. The van der Waals surface area contributed by atoms with Gasteiger partial charge in [-0.25, -0.2) is 0 Å². The number of aliphatic imine (C=N–C) groups is 1. The molecular formula is C20H36IN5O2. The highest BCUT2D eigenvalue weighted by Crippen LogP contribution is 2.21. The molecule has 7 nitrogen and oxygen atoms in total. The summed E-state index contributed by atoms with van der Waals surface area (Å²) < 4.78 is 10.6. The molecule has 8 heteroatoms. The summed E-state index contributed by atoms with van der Waals surface area (Å²) in [4.78, 5) is 9.03. The molecule has 1 saturated heterocycles. The normalized spacial score (nSPS) is 14.7. The third kappa shape index (κ3) is 8.93. The lowest BCUT2D eigenvalue weighted by molar-refractivity contribution is 0.122. The number of morpholine rings is 1. The molecule has 1 aromatic carbocycles. The van der Waals surface area contributed by atoms with Gasteiger partial charge in [0.25, 0.3) is 0 Å². The fourth-order valence-electron chi connectivity index (χ4n) is 3.13. The van der Waals surface area contributed by atoms with Gasteiger partial charge < -0.3 is 29.9 Å². The summed E-state index contributed by atoms with van der Waals surface area (Å²) >= 11 is 0. The molecule has 0 radical (unpaired) electrons. The Morgan fingerprint density at radius 3 is 2.68 bits per heavy atom. The third-order valence-electron chi connectivity index (χ3n) is 4.69. The summed E-state index contributed by atoms with van der Waals surface area (Å²) in [6, 6.07) is 8.55. The van der Waals surface area contributed by atoms with Crippen LogP contribution in [0.15, 0.2) is 29.3 Å². The molecule has 1 heterocycles. The van der Waals surface area contributed by atoms with E-state index in [4.69, 9.17) is 9.47 Å². The highest BCUT2D eigenvalue weighted by atomic mass is 127. The number of nitrogens with zero attached hydrogens (tertiary/aromatic N) is 3. The van der Waals surface area contributed by atoms with Crippen molar-refractivity contribution >= 4 is 35.6 Å². The van der Waals surface area contributed by atoms with Gasteiger partial charge in [-0.1, -0.05) is 18.2 Å². The van der Waals surface area contributed by atoms with Gasteiger partial charge in [0, 0.05) is 65.7 Å². The van der Waals surface area contributed by atoms with E-state index in [9.17, 15) is 0 Å². The molecule has 0 aromatic heterocycles. The number of likely N-dealkylation sites (N-methyl/N-ethyl adjacent to an activating group) is 1. The van der Waals surface area contributed by atoms with Crippen LogP contribution in [-0.4, -0.2) is 84.6 Å². The number of rotatable bonds is 10. The van der Waals surface area contributed by atoms with Crippen molar-refractivity contribution in [1.82, 2.24) is 15.5 Å². The van der Waals surface area contributed by atoms with E-state index in [2.05, 4.69) is 56.7 Å². The standard InChI is InChI=1S/C20H35N5O2.HI/c1-21-20(22-9-11-24(2)10-6-14-26-3)23-17-18-7-4-5-8-19(18)25-12-15-27-16-13-25;/h4-5,7-8H,6,9-17H2,1-3H3,(H2,21,22,23);1H. The first kappa shape index (κ1) is 24.9. The number of benzene rings is 1. The minimum atomic E-state index is 0. The summed E-state index contributed by atoms with van der Waals surface area (Å²) in [6.45, 7) is 7.89. The Balaban J connectivity index is 0.00000392. The maximum atomic E-state index is 5.47. The maximum Gasteiger partial charge on any atom is 0.191 e. The largest absolute Gasteiger partial charge is 0.385 e. The minimum Gasteiger partial charge on any atom is -0.385 e. The Hall–Kier alpha value is -1.10. The van der Waals surface area contributed by atoms with Crippen LogP contribution < -0.4 is 15.5 Å². The summed E-state index contributed by atoms with van der Waals surface area (Å²) in [5.74, 6) is 0.831. The fourth-order valence-corrected chi connectivity index (χ4v) is 3.13. The molecule has 0 atom stereocenters. The maximum absolute atomic E-state index is 5.47. The third-order valence-corrected chi connectivity index (χ3v) is 4.69. The van der Waals surface area contributed by atoms with Crippen LogP contribution in [0.4, 0.5) is 5.69 Å². The average molecular weight is 505 g/mol. The summed E-state index contributed by atoms with van der Waals surface area (Å²) in [6.07, 6.45) is 1.05. The molecule has 0 spiro atoms. The van der Waals surface area contributed by atoms with Crippen LogP contribution in [0.25, 0.3) is 0 Å². The van der Waals surface area contributed by atoms with Crippen molar-refractivity contribution in [1.29, 1.82) is 0 Å². The van der Waals surface area contributed by atoms with Gasteiger partial charge in [-0.15, -0.1) is 24.0 Å². The zero-order chi connectivity index (χ0) is 19.3. The lowest BCUT2D eigenvalue weighted by Gasteiger charge is -2.30. The molecule has 160 valence electrons. The van der Waals surface area contributed by atoms with E-state index < -0.39 is 0 Å². The number of methoxy groups -OCH3 is 1. The number of hydrogen-bond donors (Lipinski definition) is 2. The first-order chi connectivity index (χ1) is 13.2. The summed E-state index contributed by atoms with van der Waals surface area (Å²) in [7, 11) is 5.69. The number of ether oxygens (including phenoxy) is 2. The predicted molar refractivity (Wildman–Crippen MR) is 127 cm³/mol. The molecule has 1 aromatic rings. The Bertz CT molecular complexity index is 567. The Morgan fingerprint density at radius 2 is 1.96 bits per heavy atom. The van der Waals surface area contributed by atoms with Crippen molar-refractivity contribution in [2.45, 2.75) is 13.0 Å². The van der Waals surface area contributed by atoms with Gasteiger partial charge in [0.2, 0.25) is 0 Å². The van der Waals surface area contributed by atoms with E-state index in [1.807, 2.05) is 7.05 Å². The van der Waals surface area contributed by atoms with E-state index in [1.54, 1.807) is 7.11 Å². The zero-order valence-corrected chi connectivity index (χ0v) is 19.8. The molecule has 0 aliphatic carbocycles. The van der Waals surface area contributed by atoms with Gasteiger partial charge >= 0.3 is 0 Å². The van der Waals surface area contributed by atoms with Crippen LogP contribution in [0.2, 0.25) is 0 Å². The Morgan fingerprint density at radius 1 is 1.21 bits per heavy atom. The molecule has 0 unspecified atom stereocenters. The molecule has 2 N–H and O–H groups in total. The fraction of sp³-hybridized carbons (Fsp3) is 0.650. The van der Waals surface area contributed by atoms with Gasteiger partial charge in [0.1, 0.15) is 0 Å². The highest BCUT2D eigenvalue weighted by molar-refractivity contribution is 14.0. The summed E-state index contributed by atoms with van der Waals surface area (Å²) in [5, 5.41) is 6.83. The number of hydrogen-bond acceptors (Lipinski definition) is 5. The Labute approximate surface area is 186 Å². The SMILES string of the molecule is CN=C(NCCN(C)CCCOC)NCc1ccccc1N1CCOCC1.I. The Kier molecular flexibility index (Phi) is 13.2. The zero-order valence-electron chi connectivity index (χ0n) is 17.4. The van der Waals surface area contributed by atoms with Gasteiger partial charge in [-0.05, 0) is 25.1 Å². The first-order valence-corrected chi connectivity index (χ1v) is 9.77. The molecule has 1 fully saturated rings. The van der Waals surface area contributed by atoms with Crippen LogP contribution in [-0.2, 0) is 16.0 Å². The van der Waals surface area contributed by atoms with Crippen molar-refractivity contribution < 1.29 is 9.47 Å². The van der Waals surface area contributed by atoms with Crippen LogP contribution in [0.1, 0.15) is 12.0 Å². The van der Waals surface area contributed by atoms with Crippen LogP contribution in [0, 0.1) is 0 Å². The molecule has 2 rings (SSSR count). The smallest absolute Gasteiger partial charge is 0.191 e. The molecule has 0 saturated carbocycles. The molecule has 1 aliphatic rings. The second-order valence-electron chi connectivity index (χ2n) is 6.73. The van der Waals surface area contributed by atoms with Gasteiger partial charge in [0.15, 0.2) is 5.96 Å². The van der Waals surface area contributed by atoms with Crippen molar-refractivity contribution in [3.05, 3.63) is 29.8 Å². The number of halogens is 1. The van der Waals surface area contributed by atoms with Gasteiger partial charge in [0.05, 0.1) is 13.2 Å². The van der Waals surface area contributed by atoms with Crippen LogP contribution in [0.5, 0.6) is 0 Å². The average Bonchev–Trinajstić information content (AvgIpc) is 2.71. The molecule has 0 amide bonds. The van der Waals surface area contributed by atoms with Crippen LogP contribution in [0.3, 0.4) is 0 Å². The van der Waals surface area contributed by atoms with Crippen molar-refractivity contribution in [2.24, 2.45) is 4.99 Å². The lowest BCUT2D eigenvalue weighted by atomic mass is 10.1. The first-order valence-electron chi connectivity index (χ1n) is 9.77. The lowest BCUT2D eigenvalue weighted by Crippen LogP contribution is -2.41. The van der Waals surface area contributed by atoms with E-state index >= 15 is 0 Å². The van der Waals surface area contributed by atoms with Gasteiger partial charge in [-0.2, -0.15) is 0 Å². The second kappa shape index (κ2) is 14.8. The van der Waals surface area contributed by atoms with Crippen molar-refractivity contribution in [3.63, 3.8) is 0 Å². The van der Waals surface area contributed by atoms with Crippen molar-refractivity contribution in [3.8, 4) is 0 Å². The number of anilines is 1. The molecule has 1 aliphatic heterocycles. The highest BCUT2D eigenvalue weighted by Gasteiger charge is 2.14. The second-order valence-corrected chi connectivity index (χ2v) is 6.73. The quantitative estimate of drug-likeness (QED) is 0.219. The van der Waals surface area contributed by atoms with Crippen LogP contribution >= 0.6 is 24.0 Å². The topological polar surface area (TPSA) is 61.4 Å². The van der Waals surface area contributed by atoms with Crippen molar-refractivity contribution in [2.75, 3.05) is 78.6 Å². The van der Waals surface area contributed by atoms with E-state index in [0.29, 0.717) is 0 Å². The van der Waals surface area contributed by atoms with E-state index in [-0.39, 0.29) is 24.0 Å². The number of para-hydroxylation sites is 1. The minimum absolute atomic E-state index is 0. The molecular weight excluding hydrogens is 469 g/mol. The van der Waals surface area contributed by atoms with Gasteiger partial charge in [-0.3, -0.25) is 4.99 Å². The molecule has 0 bridgehead atoms.